The van der Waals surface area contributed by atoms with Crippen LogP contribution in [0.1, 0.15) is 0 Å². The van der Waals surface area contributed by atoms with Gasteiger partial charge in [-0.3, -0.25) is 0 Å². The molecule has 0 radical (unpaired) electrons. The van der Waals surface area contributed by atoms with E-state index in [1.165, 1.54) is 0 Å². The lowest BCUT2D eigenvalue weighted by molar-refractivity contribution is 0.501. The Kier molecular flexibility index (Phi) is 1.80. The highest BCUT2D eigenvalue weighted by Crippen LogP contribution is 2.03. The van der Waals surface area contributed by atoms with Crippen LogP contribution in [-0.4, -0.2) is 10.2 Å². The Morgan fingerprint density at radius 1 is 1.10 bits per heavy atom. The minimum atomic E-state index is -1.11. The highest BCUT2D eigenvalue weighted by atomic mass is 28.1. The normalized spacial score (nSPS) is 10.3. The number of halogens is 3. The third-order valence-electron chi connectivity index (χ3n) is 1.17. The lowest BCUT2D eigenvalue weighted by Crippen LogP contribution is -2.11. The van der Waals surface area contributed by atoms with E-state index in [0.717, 1.165) is 6.07 Å². The van der Waals surface area contributed by atoms with E-state index in [-0.39, 0.29) is 5.19 Å². The number of hydrogen-bond acceptors (Lipinski definition) is 0. The van der Waals surface area contributed by atoms with Crippen LogP contribution in [0.5, 0.6) is 0 Å². The highest BCUT2D eigenvalue weighted by Gasteiger charge is 2.05. The van der Waals surface area contributed by atoms with Crippen LogP contribution in [0.2, 0.25) is 0 Å². The Hall–Kier alpha value is -0.773. The minimum Gasteiger partial charge on any atom is -0.207 e. The van der Waals surface area contributed by atoms with E-state index in [4.69, 9.17) is 0 Å². The Morgan fingerprint density at radius 2 is 1.70 bits per heavy atom. The largest absolute Gasteiger partial charge is 0.207 e. The van der Waals surface area contributed by atoms with E-state index >= 15 is 0 Å². The van der Waals surface area contributed by atoms with Gasteiger partial charge in [-0.15, -0.1) is 0 Å². The maximum absolute atomic E-state index is 12.4. The second kappa shape index (κ2) is 2.46. The first-order valence-corrected chi connectivity index (χ1v) is 3.72. The molecule has 0 aliphatic carbocycles. The van der Waals surface area contributed by atoms with E-state index in [0.29, 0.717) is 16.3 Å². The van der Waals surface area contributed by atoms with Crippen molar-refractivity contribution in [3.63, 3.8) is 0 Å². The molecule has 1 aromatic carbocycles. The average molecular weight is 162 g/mol. The molecule has 0 aliphatic rings. The van der Waals surface area contributed by atoms with Crippen LogP contribution in [0.15, 0.2) is 12.1 Å². The molecule has 1 aromatic rings. The molecule has 0 saturated carbocycles. The molecule has 0 fully saturated rings. The number of rotatable bonds is 0. The maximum Gasteiger partial charge on any atom is 0.161 e. The molecule has 10 heavy (non-hydrogen) atoms. The van der Waals surface area contributed by atoms with Gasteiger partial charge < -0.3 is 0 Å². The zero-order valence-electron chi connectivity index (χ0n) is 5.29. The fourth-order valence-corrected chi connectivity index (χ4v) is 1.20. The van der Waals surface area contributed by atoms with Crippen LogP contribution in [0.25, 0.3) is 0 Å². The van der Waals surface area contributed by atoms with E-state index < -0.39 is 17.5 Å². The van der Waals surface area contributed by atoms with Gasteiger partial charge in [0.1, 0.15) is 5.82 Å². The van der Waals surface area contributed by atoms with E-state index in [1.54, 1.807) is 0 Å². The molecule has 0 spiro atoms. The van der Waals surface area contributed by atoms with Crippen molar-refractivity contribution in [1.82, 2.24) is 0 Å². The molecule has 0 aliphatic heterocycles. The molecule has 0 aromatic heterocycles. The molecule has 0 N–H and O–H groups in total. The average Bonchev–Trinajstić information content (AvgIpc) is 1.82. The molecule has 0 atom stereocenters. The van der Waals surface area contributed by atoms with Crippen LogP contribution in [-0.2, 0) is 0 Å². The monoisotopic (exact) mass is 162 g/mol. The smallest absolute Gasteiger partial charge is 0.161 e. The highest BCUT2D eigenvalue weighted by molar-refractivity contribution is 6.32. The van der Waals surface area contributed by atoms with Crippen molar-refractivity contribution in [3.05, 3.63) is 29.6 Å². The third-order valence-corrected chi connectivity index (χ3v) is 1.90. The summed E-state index contributed by atoms with van der Waals surface area (Å²) in [5.74, 6) is -2.75. The minimum absolute atomic E-state index is 0.123. The second-order valence-corrected chi connectivity index (χ2v) is 3.10. The standard InChI is InChI=1S/C6H5F3Si/c7-3-1-4(8)6(9)5(10)2-3/h1-2H,10H3. The summed E-state index contributed by atoms with van der Waals surface area (Å²) in [6, 6.07) is 1.54. The summed E-state index contributed by atoms with van der Waals surface area (Å²) in [6.07, 6.45) is 0. The molecule has 4 heteroatoms. The van der Waals surface area contributed by atoms with Crippen LogP contribution < -0.4 is 5.19 Å². The lowest BCUT2D eigenvalue weighted by Gasteiger charge is -1.96. The zero-order valence-corrected chi connectivity index (χ0v) is 7.29. The van der Waals surface area contributed by atoms with Gasteiger partial charge in [-0.05, 0) is 11.3 Å². The van der Waals surface area contributed by atoms with Gasteiger partial charge in [0.05, 0.1) is 0 Å². The summed E-state index contributed by atoms with van der Waals surface area (Å²) in [6.45, 7) is 0. The van der Waals surface area contributed by atoms with Gasteiger partial charge in [0, 0.05) is 16.3 Å². The fraction of sp³-hybridized carbons (Fsp3) is 0. The molecule has 0 bridgehead atoms. The summed E-state index contributed by atoms with van der Waals surface area (Å²) in [4.78, 5) is 0. The Morgan fingerprint density at radius 3 is 2.20 bits per heavy atom. The Balaban J connectivity index is 3.31. The van der Waals surface area contributed by atoms with Crippen molar-refractivity contribution < 1.29 is 13.2 Å². The maximum atomic E-state index is 12.4. The van der Waals surface area contributed by atoms with Gasteiger partial charge in [-0.1, -0.05) is 0 Å². The predicted octanol–water partition coefficient (Wildman–Crippen LogP) is 0.0946. The van der Waals surface area contributed by atoms with Gasteiger partial charge >= 0.3 is 0 Å². The molecular weight excluding hydrogens is 157 g/mol. The molecular formula is C6H5F3Si. The quantitative estimate of drug-likeness (QED) is 0.375. The van der Waals surface area contributed by atoms with Crippen molar-refractivity contribution in [2.45, 2.75) is 0 Å². The van der Waals surface area contributed by atoms with Crippen LogP contribution in [0.4, 0.5) is 13.2 Å². The molecule has 0 saturated heterocycles. The number of hydrogen-bond donors (Lipinski definition) is 0. The summed E-state index contributed by atoms with van der Waals surface area (Å²) >= 11 is 0. The summed E-state index contributed by atoms with van der Waals surface area (Å²) in [7, 11) is 0.318. The van der Waals surface area contributed by atoms with E-state index in [1.807, 2.05) is 0 Å². The third kappa shape index (κ3) is 1.21. The summed E-state index contributed by atoms with van der Waals surface area (Å²) in [5.41, 5.74) is 0. The number of benzene rings is 1. The molecule has 0 amide bonds. The summed E-state index contributed by atoms with van der Waals surface area (Å²) in [5, 5.41) is 0.123. The van der Waals surface area contributed by atoms with Crippen LogP contribution in [0.3, 0.4) is 0 Å². The summed E-state index contributed by atoms with van der Waals surface area (Å²) < 4.78 is 36.9. The van der Waals surface area contributed by atoms with Gasteiger partial charge in [0.15, 0.2) is 11.6 Å². The van der Waals surface area contributed by atoms with Crippen molar-refractivity contribution >= 4 is 15.4 Å². The molecule has 0 nitrogen and oxygen atoms in total. The van der Waals surface area contributed by atoms with Crippen molar-refractivity contribution in [2.24, 2.45) is 0 Å². The van der Waals surface area contributed by atoms with E-state index in [2.05, 4.69) is 0 Å². The van der Waals surface area contributed by atoms with Crippen molar-refractivity contribution in [3.8, 4) is 0 Å². The lowest BCUT2D eigenvalue weighted by atomic mass is 10.3. The zero-order chi connectivity index (χ0) is 7.72. The molecule has 0 unspecified atom stereocenters. The van der Waals surface area contributed by atoms with Gasteiger partial charge in [0.2, 0.25) is 0 Å². The molecule has 54 valence electrons. The van der Waals surface area contributed by atoms with Crippen molar-refractivity contribution in [2.75, 3.05) is 0 Å². The van der Waals surface area contributed by atoms with Gasteiger partial charge in [0.25, 0.3) is 0 Å². The van der Waals surface area contributed by atoms with Crippen molar-refractivity contribution in [1.29, 1.82) is 0 Å². The van der Waals surface area contributed by atoms with Gasteiger partial charge in [-0.25, -0.2) is 13.2 Å². The Bertz CT molecular complexity index is 236. The first-order valence-electron chi connectivity index (χ1n) is 2.72. The fourth-order valence-electron chi connectivity index (χ4n) is 0.685. The predicted molar refractivity (Wildman–Crippen MR) is 35.9 cm³/mol. The van der Waals surface area contributed by atoms with Gasteiger partial charge in [-0.2, -0.15) is 0 Å². The van der Waals surface area contributed by atoms with Crippen LogP contribution in [0, 0.1) is 17.5 Å². The Labute approximate surface area is 59.1 Å². The molecule has 1 rings (SSSR count). The topological polar surface area (TPSA) is 0 Å². The van der Waals surface area contributed by atoms with Crippen LogP contribution >= 0.6 is 0 Å². The second-order valence-electron chi connectivity index (χ2n) is 2.02. The first kappa shape index (κ1) is 7.34. The SMILES string of the molecule is Fc1cc(F)c(F)c([SiH3])c1. The first-order chi connectivity index (χ1) is 4.61. The molecule has 0 heterocycles. The van der Waals surface area contributed by atoms with E-state index in [9.17, 15) is 13.2 Å².